The monoisotopic (exact) mass is 99.1 g/mol. The Kier molecular flexibility index (Phi) is 0.895. The molecule has 0 bridgehead atoms. The summed E-state index contributed by atoms with van der Waals surface area (Å²) in [5.41, 5.74) is 0. The molecule has 1 heterocycles. The summed E-state index contributed by atoms with van der Waals surface area (Å²) < 4.78 is 5.08. The van der Waals surface area contributed by atoms with Crippen LogP contribution in [0.2, 0.25) is 0 Å². The molecule has 0 saturated heterocycles. The standard InChI is InChI=1S/C6H8O.H2/c1-5-3-4-6(2)7-5;/h3-4H,1-2H3;1H/i;1+1. The van der Waals surface area contributed by atoms with E-state index in [4.69, 9.17) is 4.42 Å². The van der Waals surface area contributed by atoms with Gasteiger partial charge < -0.3 is 4.42 Å². The van der Waals surface area contributed by atoms with Crippen LogP contribution in [0, 0.1) is 13.8 Å². The summed E-state index contributed by atoms with van der Waals surface area (Å²) in [6.07, 6.45) is 0. The van der Waals surface area contributed by atoms with Crippen LogP contribution in [-0.4, -0.2) is 0 Å². The number of rotatable bonds is 0. The number of hydrogen-bond donors (Lipinski definition) is 0. The lowest BCUT2D eigenvalue weighted by molar-refractivity contribution is 0.504. The molecule has 0 aliphatic rings. The predicted octanol–water partition coefficient (Wildman–Crippen LogP) is 2.14. The van der Waals surface area contributed by atoms with Crippen molar-refractivity contribution < 1.29 is 5.84 Å². The van der Waals surface area contributed by atoms with Crippen LogP contribution < -0.4 is 0 Å². The van der Waals surface area contributed by atoms with Crippen molar-refractivity contribution >= 4 is 0 Å². The topological polar surface area (TPSA) is 13.1 Å². The molecule has 1 heteroatoms. The summed E-state index contributed by atoms with van der Waals surface area (Å²) in [5.74, 6) is 1.97. The van der Waals surface area contributed by atoms with Gasteiger partial charge in [-0.1, -0.05) is 0 Å². The van der Waals surface area contributed by atoms with Crippen LogP contribution in [0.25, 0.3) is 0 Å². The zero-order chi connectivity index (χ0) is 5.28. The van der Waals surface area contributed by atoms with E-state index in [0.717, 1.165) is 11.5 Å². The Morgan fingerprint density at radius 2 is 1.71 bits per heavy atom. The maximum Gasteiger partial charge on any atom is 0.101 e. The fourth-order valence-corrected chi connectivity index (χ4v) is 0.557. The lowest BCUT2D eigenvalue weighted by atomic mass is 10.5. The van der Waals surface area contributed by atoms with E-state index in [-0.39, 0.29) is 1.43 Å². The van der Waals surface area contributed by atoms with Crippen LogP contribution in [0.5, 0.6) is 0 Å². The van der Waals surface area contributed by atoms with Crippen molar-refractivity contribution in [1.82, 2.24) is 0 Å². The van der Waals surface area contributed by atoms with Crippen molar-refractivity contribution in [2.24, 2.45) is 0 Å². The fraction of sp³-hybridized carbons (Fsp3) is 0.333. The molecular formula is C6H10O. The lowest BCUT2D eigenvalue weighted by Crippen LogP contribution is -1.53. The van der Waals surface area contributed by atoms with Gasteiger partial charge in [-0.15, -0.1) is 0 Å². The third-order valence-corrected chi connectivity index (χ3v) is 0.875. The minimum absolute atomic E-state index is 0. The number of furan rings is 1. The van der Waals surface area contributed by atoms with Gasteiger partial charge in [-0.2, -0.15) is 0 Å². The van der Waals surface area contributed by atoms with Gasteiger partial charge in [0, 0.05) is 1.43 Å². The first-order chi connectivity index (χ1) is 3.29. The molecule has 0 aliphatic heterocycles. The van der Waals surface area contributed by atoms with Gasteiger partial charge in [-0.25, -0.2) is 0 Å². The molecule has 0 N–H and O–H groups in total. The maximum absolute atomic E-state index is 5.08. The molecule has 0 aliphatic carbocycles. The molecule has 0 aromatic carbocycles. The van der Waals surface area contributed by atoms with Gasteiger partial charge in [0.2, 0.25) is 0 Å². The summed E-state index contributed by atoms with van der Waals surface area (Å²) in [6.45, 7) is 3.88. The zero-order valence-corrected chi connectivity index (χ0v) is 4.56. The van der Waals surface area contributed by atoms with Gasteiger partial charge in [0.1, 0.15) is 11.5 Å². The average Bonchev–Trinajstić information content (AvgIpc) is 1.87. The quantitative estimate of drug-likeness (QED) is 0.485. The Labute approximate surface area is 44.4 Å². The summed E-state index contributed by atoms with van der Waals surface area (Å²) in [4.78, 5) is 0. The number of hydrogen-bond acceptors (Lipinski definition) is 1. The van der Waals surface area contributed by atoms with Crippen LogP contribution in [0.1, 0.15) is 12.9 Å². The highest BCUT2D eigenvalue weighted by atomic mass is 16.3. The Morgan fingerprint density at radius 3 is 1.86 bits per heavy atom. The van der Waals surface area contributed by atoms with E-state index in [1.165, 1.54) is 0 Å². The van der Waals surface area contributed by atoms with Gasteiger partial charge in [-0.05, 0) is 26.0 Å². The van der Waals surface area contributed by atoms with Crippen LogP contribution in [0.3, 0.4) is 0 Å². The molecule has 40 valence electrons. The molecule has 0 amide bonds. The fourth-order valence-electron chi connectivity index (χ4n) is 0.557. The minimum atomic E-state index is 0. The Bertz CT molecular complexity index is 141. The van der Waals surface area contributed by atoms with E-state index in [0.29, 0.717) is 0 Å². The average molecular weight is 99.2 g/mol. The van der Waals surface area contributed by atoms with E-state index >= 15 is 0 Å². The first kappa shape index (κ1) is 4.44. The van der Waals surface area contributed by atoms with E-state index < -0.39 is 0 Å². The third-order valence-electron chi connectivity index (χ3n) is 0.875. The molecule has 1 aromatic heterocycles. The van der Waals surface area contributed by atoms with Gasteiger partial charge in [0.15, 0.2) is 0 Å². The van der Waals surface area contributed by atoms with Crippen molar-refractivity contribution in [1.29, 1.82) is 0 Å². The molecule has 1 rings (SSSR count). The number of aryl methyl sites for hydroxylation is 2. The highest BCUT2D eigenvalue weighted by molar-refractivity contribution is 5.02. The first-order valence-corrected chi connectivity index (χ1v) is 2.32. The second-order valence-electron chi connectivity index (χ2n) is 1.66. The molecule has 0 spiro atoms. The maximum atomic E-state index is 5.08. The second-order valence-corrected chi connectivity index (χ2v) is 1.66. The Hall–Kier alpha value is -0.720. The molecular weight excluding hydrogens is 88.1 g/mol. The van der Waals surface area contributed by atoms with Crippen LogP contribution in [-0.2, 0) is 0 Å². The zero-order valence-electron chi connectivity index (χ0n) is 4.56. The molecule has 0 fully saturated rings. The van der Waals surface area contributed by atoms with Crippen molar-refractivity contribution in [3.05, 3.63) is 23.7 Å². The summed E-state index contributed by atoms with van der Waals surface area (Å²) >= 11 is 0. The van der Waals surface area contributed by atoms with E-state index in [1.54, 1.807) is 0 Å². The Balaban J connectivity index is 0.000000490. The van der Waals surface area contributed by atoms with Crippen LogP contribution in [0.15, 0.2) is 16.5 Å². The summed E-state index contributed by atoms with van der Waals surface area (Å²) in [6, 6.07) is 3.91. The van der Waals surface area contributed by atoms with E-state index in [2.05, 4.69) is 0 Å². The molecule has 7 heavy (non-hydrogen) atoms. The highest BCUT2D eigenvalue weighted by Crippen LogP contribution is 2.02. The van der Waals surface area contributed by atoms with Gasteiger partial charge in [0.25, 0.3) is 0 Å². The molecule has 1 aromatic rings. The molecule has 1 nitrogen and oxygen atoms in total. The minimum Gasteiger partial charge on any atom is -0.467 e. The predicted molar refractivity (Wildman–Crippen MR) is 30.3 cm³/mol. The largest absolute Gasteiger partial charge is 0.467 e. The highest BCUT2D eigenvalue weighted by Gasteiger charge is 1.85. The summed E-state index contributed by atoms with van der Waals surface area (Å²) in [5, 5.41) is 0. The van der Waals surface area contributed by atoms with Gasteiger partial charge >= 0.3 is 0 Å². The van der Waals surface area contributed by atoms with Gasteiger partial charge in [-0.3, -0.25) is 0 Å². The lowest BCUT2D eigenvalue weighted by Gasteiger charge is -1.76. The van der Waals surface area contributed by atoms with Crippen molar-refractivity contribution in [2.45, 2.75) is 13.8 Å². The Morgan fingerprint density at radius 1 is 1.29 bits per heavy atom. The smallest absolute Gasteiger partial charge is 0.101 e. The van der Waals surface area contributed by atoms with E-state index in [1.807, 2.05) is 26.0 Å². The molecule has 0 radical (unpaired) electrons. The summed E-state index contributed by atoms with van der Waals surface area (Å²) in [7, 11) is 0. The van der Waals surface area contributed by atoms with E-state index in [9.17, 15) is 0 Å². The van der Waals surface area contributed by atoms with Crippen LogP contribution in [0.4, 0.5) is 0 Å². The second kappa shape index (κ2) is 1.41. The normalized spacial score (nSPS) is 9.43. The SMILES string of the molecule is Cc1ccc(C)o1.[2HH]. The van der Waals surface area contributed by atoms with Crippen molar-refractivity contribution in [3.8, 4) is 0 Å². The van der Waals surface area contributed by atoms with Gasteiger partial charge in [0.05, 0.1) is 0 Å². The molecule has 0 saturated carbocycles. The third kappa shape index (κ3) is 0.829. The molecule has 0 unspecified atom stereocenters. The van der Waals surface area contributed by atoms with Crippen molar-refractivity contribution in [2.75, 3.05) is 0 Å². The van der Waals surface area contributed by atoms with Crippen LogP contribution >= 0.6 is 0 Å². The molecule has 0 atom stereocenters. The first-order valence-electron chi connectivity index (χ1n) is 2.32. The van der Waals surface area contributed by atoms with Crippen molar-refractivity contribution in [3.63, 3.8) is 0 Å².